The largest absolute Gasteiger partial charge is 0.560 e. The molecule has 53 valence electrons. The monoisotopic (exact) mass is 267 g/mol. The van der Waals surface area contributed by atoms with E-state index < -0.39 is 0 Å². The SMILES string of the molecule is [Br][Mg][Br].[CH2]CCC(C)C. The Hall–Kier alpha value is 1.73. The van der Waals surface area contributed by atoms with Crippen LogP contribution in [0.4, 0.5) is 0 Å². The summed E-state index contributed by atoms with van der Waals surface area (Å²) in [5.41, 5.74) is 0. The number of hydrogen-bond donors (Lipinski definition) is 0. The molecular formula is C6H13Br2Mg. The summed E-state index contributed by atoms with van der Waals surface area (Å²) in [6.45, 7) is 8.15. The first-order chi connectivity index (χ1) is 4.18. The van der Waals surface area contributed by atoms with Crippen molar-refractivity contribution in [2.75, 3.05) is 0 Å². The summed E-state index contributed by atoms with van der Waals surface area (Å²) in [5.74, 6) is 0.836. The molecule has 0 aromatic carbocycles. The van der Waals surface area contributed by atoms with Gasteiger partial charge in [0.1, 0.15) is 0 Å². The molecule has 0 saturated carbocycles. The maximum Gasteiger partial charge on any atom is 0.560 e. The zero-order chi connectivity index (χ0) is 7.70. The molecule has 0 nitrogen and oxygen atoms in total. The van der Waals surface area contributed by atoms with Gasteiger partial charge < -0.3 is 0 Å². The summed E-state index contributed by atoms with van der Waals surface area (Å²) in [7, 11) is 0. The van der Waals surface area contributed by atoms with Gasteiger partial charge in [0.25, 0.3) is 0 Å². The van der Waals surface area contributed by atoms with Gasteiger partial charge in [0.2, 0.25) is 0 Å². The molecule has 0 aliphatic heterocycles. The smallest absolute Gasteiger partial charge is 0.280 e. The molecule has 0 aliphatic carbocycles. The van der Waals surface area contributed by atoms with Crippen molar-refractivity contribution in [1.29, 1.82) is 0 Å². The molecule has 1 radical (unpaired) electrons. The lowest BCUT2D eigenvalue weighted by Gasteiger charge is -1.95. The van der Waals surface area contributed by atoms with Gasteiger partial charge in [0.15, 0.2) is 0 Å². The molecule has 0 atom stereocenters. The topological polar surface area (TPSA) is 0 Å². The van der Waals surface area contributed by atoms with Crippen molar-refractivity contribution in [3.05, 3.63) is 6.92 Å². The van der Waals surface area contributed by atoms with Crippen LogP contribution in [0.3, 0.4) is 0 Å². The van der Waals surface area contributed by atoms with Crippen LogP contribution in [0.2, 0.25) is 0 Å². The second-order valence-corrected chi connectivity index (χ2v) is 10.2. The minimum absolute atomic E-state index is 0.0417. The molecule has 0 aromatic rings. The normalized spacial score (nSPS) is 7.78. The van der Waals surface area contributed by atoms with Gasteiger partial charge in [0.05, 0.1) is 0 Å². The van der Waals surface area contributed by atoms with Gasteiger partial charge in [-0.15, -0.1) is 0 Å². The van der Waals surface area contributed by atoms with Crippen LogP contribution in [0.5, 0.6) is 0 Å². The molecule has 0 heterocycles. The van der Waals surface area contributed by atoms with Crippen molar-refractivity contribution >= 4 is 41.8 Å². The van der Waals surface area contributed by atoms with Crippen LogP contribution in [-0.4, -0.2) is 16.0 Å². The van der Waals surface area contributed by atoms with Gasteiger partial charge in [0, 0.05) is 0 Å². The zero-order valence-corrected chi connectivity index (χ0v) is 10.7. The van der Waals surface area contributed by atoms with Gasteiger partial charge in [-0.25, -0.2) is 0 Å². The quantitative estimate of drug-likeness (QED) is 0.672. The van der Waals surface area contributed by atoms with Crippen LogP contribution in [0, 0.1) is 12.8 Å². The fourth-order valence-electron chi connectivity index (χ4n) is 0.408. The highest BCUT2D eigenvalue weighted by Crippen LogP contribution is 2.00. The van der Waals surface area contributed by atoms with E-state index in [1.165, 1.54) is 6.42 Å². The predicted octanol–water partition coefficient (Wildman–Crippen LogP) is 3.57. The average Bonchev–Trinajstić information content (AvgIpc) is 1.67. The molecule has 0 spiro atoms. The Morgan fingerprint density at radius 1 is 1.44 bits per heavy atom. The molecule has 0 bridgehead atoms. The van der Waals surface area contributed by atoms with Gasteiger partial charge in [-0.05, 0) is 5.92 Å². The van der Waals surface area contributed by atoms with Crippen LogP contribution < -0.4 is 0 Å². The predicted molar refractivity (Wildman–Crippen MR) is 53.0 cm³/mol. The van der Waals surface area contributed by atoms with Crippen LogP contribution in [-0.2, 0) is 0 Å². The fraction of sp³-hybridized carbons (Fsp3) is 0.833. The summed E-state index contributed by atoms with van der Waals surface area (Å²) >= 11 is 6.44. The molecule has 0 unspecified atom stereocenters. The summed E-state index contributed by atoms with van der Waals surface area (Å²) in [6, 6.07) is 0. The Morgan fingerprint density at radius 3 is 1.78 bits per heavy atom. The molecule has 0 aliphatic rings. The summed E-state index contributed by atoms with van der Waals surface area (Å²) in [5, 5.41) is 0. The van der Waals surface area contributed by atoms with Crippen molar-refractivity contribution in [3.63, 3.8) is 0 Å². The minimum Gasteiger partial charge on any atom is -0.280 e. The molecule has 0 saturated heterocycles. The van der Waals surface area contributed by atoms with E-state index in [0.717, 1.165) is 12.3 Å². The first kappa shape index (κ1) is 13.3. The van der Waals surface area contributed by atoms with Crippen LogP contribution in [0.25, 0.3) is 0 Å². The Bertz CT molecular complexity index is 40.0. The maximum absolute atomic E-state index is 3.73. The van der Waals surface area contributed by atoms with Gasteiger partial charge in [-0.1, -0.05) is 33.6 Å². The number of rotatable bonds is 2. The van der Waals surface area contributed by atoms with Gasteiger partial charge in [-0.2, -0.15) is 0 Å². The van der Waals surface area contributed by atoms with E-state index >= 15 is 0 Å². The summed E-state index contributed by atoms with van der Waals surface area (Å²) in [6.07, 6.45) is 2.34. The number of halogens is 2. The van der Waals surface area contributed by atoms with Gasteiger partial charge in [-0.3, -0.25) is 25.8 Å². The second kappa shape index (κ2) is 12.4. The zero-order valence-electron chi connectivity index (χ0n) is 6.16. The van der Waals surface area contributed by atoms with Crippen molar-refractivity contribution in [3.8, 4) is 0 Å². The van der Waals surface area contributed by atoms with E-state index in [-0.39, 0.29) is 16.0 Å². The molecular weight excluding hydrogens is 256 g/mol. The first-order valence-corrected chi connectivity index (χ1v) is 10.9. The lowest BCUT2D eigenvalue weighted by atomic mass is 10.1. The molecule has 0 N–H and O–H groups in total. The highest BCUT2D eigenvalue weighted by Gasteiger charge is 1.85. The Morgan fingerprint density at radius 2 is 1.78 bits per heavy atom. The third kappa shape index (κ3) is 26.0. The van der Waals surface area contributed by atoms with Crippen LogP contribution in [0.15, 0.2) is 0 Å². The summed E-state index contributed by atoms with van der Waals surface area (Å²) < 4.78 is 0. The molecule has 0 aromatic heterocycles. The van der Waals surface area contributed by atoms with Gasteiger partial charge >= 0.3 is 16.0 Å². The highest BCUT2D eigenvalue weighted by molar-refractivity contribution is 9.47. The average molecular weight is 269 g/mol. The number of hydrogen-bond acceptors (Lipinski definition) is 0. The molecule has 0 amide bonds. The standard InChI is InChI=1S/C6H13.2BrH.Mg/c1-4-5-6(2)3;;;/h6H,1,4-5H2,2-3H3;2*1H;/q;;;+2/p-2. The molecule has 3 heteroatoms. The third-order valence-electron chi connectivity index (χ3n) is 0.781. The molecule has 0 rings (SSSR count). The van der Waals surface area contributed by atoms with Crippen LogP contribution in [0.1, 0.15) is 26.7 Å². The lowest BCUT2D eigenvalue weighted by Crippen LogP contribution is -1.81. The van der Waals surface area contributed by atoms with Crippen molar-refractivity contribution in [2.45, 2.75) is 26.7 Å². The van der Waals surface area contributed by atoms with Crippen LogP contribution >= 0.6 is 25.8 Å². The second-order valence-electron chi connectivity index (χ2n) is 2.14. The minimum atomic E-state index is 0.0417. The Kier molecular flexibility index (Phi) is 18.4. The Balaban J connectivity index is 0. The molecule has 0 fully saturated rings. The van der Waals surface area contributed by atoms with E-state index in [0.29, 0.717) is 0 Å². The first-order valence-electron chi connectivity index (χ1n) is 3.10. The summed E-state index contributed by atoms with van der Waals surface area (Å²) in [4.78, 5) is 0. The maximum atomic E-state index is 3.73. The Labute approximate surface area is 80.6 Å². The van der Waals surface area contributed by atoms with Crippen molar-refractivity contribution < 1.29 is 0 Å². The third-order valence-corrected chi connectivity index (χ3v) is 0.781. The molecule has 9 heavy (non-hydrogen) atoms. The fourth-order valence-corrected chi connectivity index (χ4v) is 0.408. The van der Waals surface area contributed by atoms with Crippen molar-refractivity contribution in [1.82, 2.24) is 0 Å². The van der Waals surface area contributed by atoms with E-state index in [4.69, 9.17) is 0 Å². The van der Waals surface area contributed by atoms with E-state index in [1.807, 2.05) is 0 Å². The van der Waals surface area contributed by atoms with Crippen molar-refractivity contribution in [2.24, 2.45) is 5.92 Å². The van der Waals surface area contributed by atoms with E-state index in [2.05, 4.69) is 46.5 Å². The van der Waals surface area contributed by atoms with E-state index in [1.54, 1.807) is 0 Å². The van der Waals surface area contributed by atoms with E-state index in [9.17, 15) is 0 Å². The lowest BCUT2D eigenvalue weighted by molar-refractivity contribution is 0.593. The highest BCUT2D eigenvalue weighted by atomic mass is 79.9.